The van der Waals surface area contributed by atoms with Crippen molar-refractivity contribution >= 4 is 0 Å². The molecule has 0 rings (SSSR count). The molecule has 0 aromatic heterocycles. The van der Waals surface area contributed by atoms with Crippen molar-refractivity contribution in [2.75, 3.05) is 19.8 Å². The summed E-state index contributed by atoms with van der Waals surface area (Å²) in [6.07, 6.45) is 13.6. The molecule has 0 saturated heterocycles. The number of rotatable bonds is 14. The van der Waals surface area contributed by atoms with Gasteiger partial charge in [0, 0.05) is 13.2 Å². The van der Waals surface area contributed by atoms with E-state index in [9.17, 15) is 5.11 Å². The fourth-order valence-corrected chi connectivity index (χ4v) is 1.92. The third-order valence-corrected chi connectivity index (χ3v) is 3.08. The molecule has 0 amide bonds. The molecule has 0 saturated carbocycles. The first kappa shape index (κ1) is 16.9. The predicted octanol–water partition coefficient (Wildman–Crippen LogP) is 4.74. The lowest BCUT2D eigenvalue weighted by molar-refractivity contribution is 0.124. The highest BCUT2D eigenvalue weighted by atomic mass is 16.5. The molecule has 0 aliphatic heterocycles. The first-order valence-corrected chi connectivity index (χ1v) is 7.57. The van der Waals surface area contributed by atoms with Gasteiger partial charge >= 0.3 is 0 Å². The molecular formula is C15H31O2. The molecule has 0 bridgehead atoms. The van der Waals surface area contributed by atoms with Crippen molar-refractivity contribution in [1.82, 2.24) is 0 Å². The molecule has 0 heterocycles. The Bertz CT molecular complexity index is 112. The largest absolute Gasteiger partial charge is 0.381 e. The second-order valence-corrected chi connectivity index (χ2v) is 4.85. The minimum absolute atomic E-state index is 0.0822. The molecular weight excluding hydrogens is 212 g/mol. The number of hydrogen-bond donors (Lipinski definition) is 0. The van der Waals surface area contributed by atoms with Gasteiger partial charge in [0.1, 0.15) is 0 Å². The van der Waals surface area contributed by atoms with Crippen molar-refractivity contribution in [3.63, 3.8) is 0 Å². The zero-order valence-corrected chi connectivity index (χ0v) is 11.7. The molecule has 2 nitrogen and oxygen atoms in total. The van der Waals surface area contributed by atoms with Gasteiger partial charge in [-0.2, -0.15) is 0 Å². The van der Waals surface area contributed by atoms with E-state index in [1.165, 1.54) is 44.9 Å². The standard InChI is InChI=1S/C15H31O2/c1-2-3-4-5-6-8-11-14-17-15-12-9-7-10-13-16/h2-15H2,1H3. The van der Waals surface area contributed by atoms with Crippen molar-refractivity contribution < 1.29 is 9.84 Å². The van der Waals surface area contributed by atoms with E-state index in [1.807, 2.05) is 0 Å². The summed E-state index contributed by atoms with van der Waals surface area (Å²) in [7, 11) is 0. The molecule has 2 heteroatoms. The van der Waals surface area contributed by atoms with Gasteiger partial charge in [0.25, 0.3) is 0 Å². The van der Waals surface area contributed by atoms with Crippen LogP contribution in [0.3, 0.4) is 0 Å². The van der Waals surface area contributed by atoms with Crippen LogP contribution in [0.1, 0.15) is 77.6 Å². The fraction of sp³-hybridized carbons (Fsp3) is 1.00. The van der Waals surface area contributed by atoms with Crippen molar-refractivity contribution in [3.8, 4) is 0 Å². The van der Waals surface area contributed by atoms with Crippen molar-refractivity contribution in [3.05, 3.63) is 0 Å². The molecule has 0 aliphatic carbocycles. The Labute approximate surface area is 108 Å². The summed E-state index contributed by atoms with van der Waals surface area (Å²) in [4.78, 5) is 0. The van der Waals surface area contributed by atoms with Gasteiger partial charge in [0.2, 0.25) is 0 Å². The molecule has 0 fully saturated rings. The number of unbranched alkanes of at least 4 members (excludes halogenated alkanes) is 9. The fourth-order valence-electron chi connectivity index (χ4n) is 1.92. The van der Waals surface area contributed by atoms with E-state index in [-0.39, 0.29) is 6.61 Å². The summed E-state index contributed by atoms with van der Waals surface area (Å²) in [5.74, 6) is 0. The topological polar surface area (TPSA) is 29.1 Å². The van der Waals surface area contributed by atoms with Gasteiger partial charge in [-0.15, -0.1) is 0 Å². The first-order valence-electron chi connectivity index (χ1n) is 7.57. The van der Waals surface area contributed by atoms with Crippen molar-refractivity contribution in [2.45, 2.75) is 77.6 Å². The van der Waals surface area contributed by atoms with Gasteiger partial charge in [-0.25, -0.2) is 5.11 Å². The van der Waals surface area contributed by atoms with Gasteiger partial charge in [0.05, 0.1) is 6.61 Å². The Morgan fingerprint density at radius 2 is 1.12 bits per heavy atom. The highest BCUT2D eigenvalue weighted by Gasteiger charge is 1.93. The summed E-state index contributed by atoms with van der Waals surface area (Å²) in [5, 5.41) is 10.2. The SMILES string of the molecule is CCCCCCCCCOCCCCCC[O]. The lowest BCUT2D eigenvalue weighted by Crippen LogP contribution is -1.97. The second-order valence-electron chi connectivity index (χ2n) is 4.85. The van der Waals surface area contributed by atoms with Crippen molar-refractivity contribution in [1.29, 1.82) is 0 Å². The second kappa shape index (κ2) is 15.9. The highest BCUT2D eigenvalue weighted by molar-refractivity contribution is 4.45. The van der Waals surface area contributed by atoms with Crippen LogP contribution in [0, 0.1) is 0 Å². The van der Waals surface area contributed by atoms with E-state index < -0.39 is 0 Å². The molecule has 1 radical (unpaired) electrons. The Balaban J connectivity index is 2.85. The van der Waals surface area contributed by atoms with Crippen LogP contribution in [0.2, 0.25) is 0 Å². The molecule has 0 atom stereocenters. The first-order chi connectivity index (χ1) is 8.41. The molecule has 0 spiro atoms. The van der Waals surface area contributed by atoms with Crippen LogP contribution in [0.4, 0.5) is 0 Å². The summed E-state index contributed by atoms with van der Waals surface area (Å²) < 4.78 is 5.56. The molecule has 0 aromatic carbocycles. The summed E-state index contributed by atoms with van der Waals surface area (Å²) in [5.41, 5.74) is 0. The zero-order chi connectivity index (χ0) is 12.6. The van der Waals surface area contributed by atoms with Gasteiger partial charge < -0.3 is 4.74 Å². The quantitative estimate of drug-likeness (QED) is 0.405. The van der Waals surface area contributed by atoms with Crippen molar-refractivity contribution in [2.24, 2.45) is 0 Å². The maximum absolute atomic E-state index is 10.2. The molecule has 17 heavy (non-hydrogen) atoms. The van der Waals surface area contributed by atoms with Crippen LogP contribution < -0.4 is 0 Å². The maximum Gasteiger partial charge on any atom is 0.0822 e. The molecule has 0 aromatic rings. The zero-order valence-electron chi connectivity index (χ0n) is 11.7. The normalized spacial score (nSPS) is 10.9. The molecule has 103 valence electrons. The third kappa shape index (κ3) is 15.9. The van der Waals surface area contributed by atoms with Gasteiger partial charge in [-0.1, -0.05) is 58.3 Å². The van der Waals surface area contributed by atoms with Crippen LogP contribution in [-0.4, -0.2) is 19.8 Å². The Morgan fingerprint density at radius 3 is 1.65 bits per heavy atom. The summed E-state index contributed by atoms with van der Waals surface area (Å²) >= 11 is 0. The van der Waals surface area contributed by atoms with Crippen LogP contribution in [-0.2, 0) is 9.84 Å². The Kier molecular flexibility index (Phi) is 15.8. The Hall–Kier alpha value is -0.0800. The number of hydrogen-bond acceptors (Lipinski definition) is 1. The van der Waals surface area contributed by atoms with E-state index in [0.717, 1.165) is 38.9 Å². The van der Waals surface area contributed by atoms with Gasteiger partial charge in [-0.05, 0) is 19.3 Å². The molecule has 0 unspecified atom stereocenters. The maximum atomic E-state index is 10.2. The minimum Gasteiger partial charge on any atom is -0.381 e. The predicted molar refractivity (Wildman–Crippen MR) is 72.8 cm³/mol. The van der Waals surface area contributed by atoms with Crippen LogP contribution >= 0.6 is 0 Å². The monoisotopic (exact) mass is 243 g/mol. The highest BCUT2D eigenvalue weighted by Crippen LogP contribution is 2.07. The van der Waals surface area contributed by atoms with Gasteiger partial charge in [0.15, 0.2) is 0 Å². The van der Waals surface area contributed by atoms with E-state index in [1.54, 1.807) is 0 Å². The number of ether oxygens (including phenoxy) is 1. The van der Waals surface area contributed by atoms with Gasteiger partial charge in [-0.3, -0.25) is 0 Å². The molecule has 0 aliphatic rings. The van der Waals surface area contributed by atoms with E-state index in [2.05, 4.69) is 6.92 Å². The molecule has 0 N–H and O–H groups in total. The third-order valence-electron chi connectivity index (χ3n) is 3.08. The van der Waals surface area contributed by atoms with Crippen LogP contribution in [0.15, 0.2) is 0 Å². The van der Waals surface area contributed by atoms with E-state index in [0.29, 0.717) is 0 Å². The van der Waals surface area contributed by atoms with Crippen LogP contribution in [0.5, 0.6) is 0 Å². The average Bonchev–Trinajstić information content (AvgIpc) is 2.35. The lowest BCUT2D eigenvalue weighted by Gasteiger charge is -2.04. The minimum atomic E-state index is 0.0822. The van der Waals surface area contributed by atoms with E-state index in [4.69, 9.17) is 4.74 Å². The van der Waals surface area contributed by atoms with Crippen LogP contribution in [0.25, 0.3) is 0 Å². The smallest absolute Gasteiger partial charge is 0.0822 e. The lowest BCUT2D eigenvalue weighted by atomic mass is 10.1. The average molecular weight is 243 g/mol. The Morgan fingerprint density at radius 1 is 0.647 bits per heavy atom. The summed E-state index contributed by atoms with van der Waals surface area (Å²) in [6.45, 7) is 4.15. The van der Waals surface area contributed by atoms with E-state index >= 15 is 0 Å². The summed E-state index contributed by atoms with van der Waals surface area (Å²) in [6, 6.07) is 0.